The maximum atomic E-state index is 13.8. The number of halogens is 2. The minimum absolute atomic E-state index is 0.256. The van der Waals surface area contributed by atoms with Crippen LogP contribution < -0.4 is 20.2 Å². The molecule has 194 valence electrons. The number of para-hydroxylation sites is 1. The van der Waals surface area contributed by atoms with Crippen LogP contribution in [-0.4, -0.2) is 10.5 Å². The number of amides is 1. The van der Waals surface area contributed by atoms with Gasteiger partial charge in [0.2, 0.25) is 0 Å². The highest BCUT2D eigenvalue weighted by atomic mass is 35.5. The molecule has 1 aliphatic heterocycles. The zero-order chi connectivity index (χ0) is 27.1. The molecule has 0 radical (unpaired) electrons. The van der Waals surface area contributed by atoms with Crippen LogP contribution in [0.25, 0.3) is 17.4 Å². The molecule has 1 amide bonds. The average Bonchev–Trinajstić information content (AvgIpc) is 3.67. The van der Waals surface area contributed by atoms with Crippen LogP contribution in [0.1, 0.15) is 23.6 Å². The van der Waals surface area contributed by atoms with Gasteiger partial charge >= 0.3 is 0 Å². The molecule has 5 aromatic rings. The lowest BCUT2D eigenvalue weighted by Crippen LogP contribution is -2.40. The molecule has 1 unspecified atom stereocenters. The molecule has 39 heavy (non-hydrogen) atoms. The number of thiophene rings is 1. The fourth-order valence-electron chi connectivity index (χ4n) is 4.44. The number of thiazole rings is 1. The van der Waals surface area contributed by atoms with Crippen molar-refractivity contribution in [3.05, 3.63) is 130 Å². The monoisotopic (exact) mass is 591 g/mol. The summed E-state index contributed by atoms with van der Waals surface area (Å²) in [6.45, 7) is 1.80. The van der Waals surface area contributed by atoms with Crippen LogP contribution in [0.4, 0.5) is 5.69 Å². The van der Waals surface area contributed by atoms with E-state index in [4.69, 9.17) is 27.6 Å². The first-order chi connectivity index (χ1) is 18.9. The lowest BCUT2D eigenvalue weighted by molar-refractivity contribution is -0.113. The highest BCUT2D eigenvalue weighted by Gasteiger charge is 2.33. The molecule has 0 fully saturated rings. The van der Waals surface area contributed by atoms with Gasteiger partial charge in [-0.1, -0.05) is 58.8 Å². The molecule has 0 aliphatic carbocycles. The maximum Gasteiger partial charge on any atom is 0.271 e. The molecule has 6 nitrogen and oxygen atoms in total. The van der Waals surface area contributed by atoms with Crippen LogP contribution >= 0.6 is 45.9 Å². The van der Waals surface area contributed by atoms with E-state index in [0.717, 1.165) is 4.88 Å². The van der Waals surface area contributed by atoms with Gasteiger partial charge in [-0.2, -0.15) is 0 Å². The smallest absolute Gasteiger partial charge is 0.271 e. The standard InChI is InChI=1S/C29H19Cl2N3O3S2/c1-16-25(27(35)33-18-6-3-2-4-7-18)26(23-8-5-13-38-23)34-28(36)24(39-29(34)32-16)15-19-10-12-22(37-19)20-14-17(30)9-11-21(20)31/h2-15,26H,1H3,(H,33,35)/b24-15-. The minimum atomic E-state index is -0.607. The lowest BCUT2D eigenvalue weighted by Gasteiger charge is -2.24. The number of fused-ring (bicyclic) bond motifs is 1. The first-order valence-electron chi connectivity index (χ1n) is 11.9. The summed E-state index contributed by atoms with van der Waals surface area (Å²) in [6.07, 6.45) is 1.68. The van der Waals surface area contributed by atoms with Crippen LogP contribution in [0.15, 0.2) is 104 Å². The number of nitrogens with zero attached hydrogens (tertiary/aromatic N) is 2. The van der Waals surface area contributed by atoms with Crippen molar-refractivity contribution in [1.29, 1.82) is 0 Å². The molecule has 3 aromatic heterocycles. The second-order valence-corrected chi connectivity index (χ2v) is 11.6. The Kier molecular flexibility index (Phi) is 6.86. The van der Waals surface area contributed by atoms with Crippen LogP contribution in [0, 0.1) is 0 Å². The van der Waals surface area contributed by atoms with Gasteiger partial charge in [-0.15, -0.1) is 11.3 Å². The SMILES string of the molecule is CC1=C(C(=O)Nc2ccccc2)C(c2cccs2)n2c(s/c(=C\c3ccc(-c4cc(Cl)ccc4Cl)o3)c2=O)=N1. The summed E-state index contributed by atoms with van der Waals surface area (Å²) in [7, 11) is 0. The molecule has 0 bridgehead atoms. The number of hydrogen-bond acceptors (Lipinski definition) is 6. The van der Waals surface area contributed by atoms with E-state index < -0.39 is 6.04 Å². The normalized spacial score (nSPS) is 15.3. The number of furan rings is 1. The number of allylic oxidation sites excluding steroid dienone is 1. The summed E-state index contributed by atoms with van der Waals surface area (Å²) in [5, 5.41) is 5.93. The highest BCUT2D eigenvalue weighted by molar-refractivity contribution is 7.10. The Morgan fingerprint density at radius 3 is 2.67 bits per heavy atom. The van der Waals surface area contributed by atoms with Gasteiger partial charge in [0.05, 0.1) is 20.8 Å². The minimum Gasteiger partial charge on any atom is -0.457 e. The van der Waals surface area contributed by atoms with Crippen molar-refractivity contribution in [1.82, 2.24) is 4.57 Å². The van der Waals surface area contributed by atoms with Crippen LogP contribution in [0.5, 0.6) is 0 Å². The molecule has 0 spiro atoms. The fraction of sp³-hybridized carbons (Fsp3) is 0.0690. The molecule has 6 rings (SSSR count). The Hall–Kier alpha value is -3.69. The second kappa shape index (κ2) is 10.5. The Bertz CT molecular complexity index is 1920. The van der Waals surface area contributed by atoms with E-state index in [1.165, 1.54) is 22.7 Å². The van der Waals surface area contributed by atoms with Crippen LogP contribution in [0.3, 0.4) is 0 Å². The number of nitrogens with one attached hydrogen (secondary N) is 1. The number of hydrogen-bond donors (Lipinski definition) is 1. The quantitative estimate of drug-likeness (QED) is 0.253. The predicted octanol–water partition coefficient (Wildman–Crippen LogP) is 6.50. The summed E-state index contributed by atoms with van der Waals surface area (Å²) in [5.41, 5.74) is 2.06. The fourth-order valence-corrected chi connectivity index (χ4v) is 6.67. The summed E-state index contributed by atoms with van der Waals surface area (Å²) in [6, 6.07) is 21.1. The Morgan fingerprint density at radius 2 is 1.90 bits per heavy atom. The zero-order valence-electron chi connectivity index (χ0n) is 20.4. The van der Waals surface area contributed by atoms with E-state index in [2.05, 4.69) is 10.3 Å². The van der Waals surface area contributed by atoms with Gasteiger partial charge in [0, 0.05) is 27.2 Å². The zero-order valence-corrected chi connectivity index (χ0v) is 23.5. The Balaban J connectivity index is 1.43. The van der Waals surface area contributed by atoms with Crippen molar-refractivity contribution in [2.45, 2.75) is 13.0 Å². The summed E-state index contributed by atoms with van der Waals surface area (Å²) >= 11 is 15.2. The van der Waals surface area contributed by atoms with Gasteiger partial charge in [-0.05, 0) is 60.8 Å². The topological polar surface area (TPSA) is 76.6 Å². The first-order valence-corrected chi connectivity index (χ1v) is 14.3. The molecular weight excluding hydrogens is 573 g/mol. The van der Waals surface area contributed by atoms with E-state index in [1.807, 2.05) is 47.8 Å². The van der Waals surface area contributed by atoms with Crippen molar-refractivity contribution in [2.75, 3.05) is 5.32 Å². The maximum absolute atomic E-state index is 13.8. The molecule has 0 saturated carbocycles. The number of anilines is 1. The van der Waals surface area contributed by atoms with Gasteiger partial charge in [0.25, 0.3) is 11.5 Å². The largest absolute Gasteiger partial charge is 0.457 e. The number of carbonyl (C=O) groups is 1. The molecule has 10 heteroatoms. The summed E-state index contributed by atoms with van der Waals surface area (Å²) in [5.74, 6) is 0.717. The van der Waals surface area contributed by atoms with Crippen molar-refractivity contribution in [3.8, 4) is 11.3 Å². The number of aromatic nitrogens is 1. The molecule has 1 aliphatic rings. The third-order valence-corrected chi connectivity index (χ3v) is 8.68. The molecule has 2 aromatic carbocycles. The van der Waals surface area contributed by atoms with Crippen molar-refractivity contribution in [2.24, 2.45) is 4.99 Å². The number of rotatable bonds is 5. The van der Waals surface area contributed by atoms with Gasteiger partial charge in [-0.3, -0.25) is 14.2 Å². The van der Waals surface area contributed by atoms with Crippen molar-refractivity contribution in [3.63, 3.8) is 0 Å². The van der Waals surface area contributed by atoms with E-state index in [-0.39, 0.29) is 11.5 Å². The van der Waals surface area contributed by atoms with Crippen LogP contribution in [-0.2, 0) is 4.79 Å². The third-order valence-electron chi connectivity index (χ3n) is 6.20. The van der Waals surface area contributed by atoms with Gasteiger partial charge < -0.3 is 9.73 Å². The molecule has 4 heterocycles. The van der Waals surface area contributed by atoms with Gasteiger partial charge in [0.1, 0.15) is 17.6 Å². The predicted molar refractivity (Wildman–Crippen MR) is 157 cm³/mol. The van der Waals surface area contributed by atoms with Crippen molar-refractivity contribution < 1.29 is 9.21 Å². The first kappa shape index (κ1) is 25.6. The molecule has 1 N–H and O–H groups in total. The molecule has 1 atom stereocenters. The van der Waals surface area contributed by atoms with Crippen molar-refractivity contribution >= 4 is 63.5 Å². The van der Waals surface area contributed by atoms with Gasteiger partial charge in [0.15, 0.2) is 4.80 Å². The van der Waals surface area contributed by atoms with E-state index in [0.29, 0.717) is 53.4 Å². The Morgan fingerprint density at radius 1 is 1.08 bits per heavy atom. The average molecular weight is 593 g/mol. The van der Waals surface area contributed by atoms with Crippen LogP contribution in [0.2, 0.25) is 10.0 Å². The second-order valence-electron chi connectivity index (χ2n) is 8.74. The van der Waals surface area contributed by atoms with E-state index >= 15 is 0 Å². The van der Waals surface area contributed by atoms with Gasteiger partial charge in [-0.25, -0.2) is 4.99 Å². The highest BCUT2D eigenvalue weighted by Crippen LogP contribution is 2.34. The molecule has 0 saturated heterocycles. The third kappa shape index (κ3) is 4.92. The summed E-state index contributed by atoms with van der Waals surface area (Å²) in [4.78, 5) is 33.3. The number of benzene rings is 2. The summed E-state index contributed by atoms with van der Waals surface area (Å²) < 4.78 is 8.03. The molecular formula is C29H19Cl2N3O3S2. The number of carbonyl (C=O) groups excluding carboxylic acids is 1. The lowest BCUT2D eigenvalue weighted by atomic mass is 10.0. The Labute approximate surface area is 240 Å². The van der Waals surface area contributed by atoms with E-state index in [1.54, 1.807) is 47.9 Å². The van der Waals surface area contributed by atoms with E-state index in [9.17, 15) is 9.59 Å².